The van der Waals surface area contributed by atoms with Crippen molar-refractivity contribution in [3.8, 4) is 0 Å². The topological polar surface area (TPSA) is 68.2 Å². The molecule has 0 radical (unpaired) electrons. The number of anilines is 1. The minimum atomic E-state index is -0.174. The molecule has 0 spiro atoms. The smallest absolute Gasteiger partial charge is 0.319 e. The lowest BCUT2D eigenvalue weighted by molar-refractivity contribution is 0.183. The first-order valence-electron chi connectivity index (χ1n) is 8.38. The third-order valence-electron chi connectivity index (χ3n) is 4.42. The van der Waals surface area contributed by atoms with Gasteiger partial charge in [-0.15, -0.1) is 11.3 Å². The first-order chi connectivity index (χ1) is 11.8. The standard InChI is InChI=1S/C17H24N4O2S/c1-23-9-8-21-12-14(11-18-21)19-17(22)20-16(13-5-2-3-6-13)15-7-4-10-24-15/h4,7,10-13,16H,2-3,5-6,8-9H2,1H3,(H2,19,20,22). The molecule has 1 fully saturated rings. The monoisotopic (exact) mass is 348 g/mol. The van der Waals surface area contributed by atoms with Gasteiger partial charge in [0.15, 0.2) is 0 Å². The first kappa shape index (κ1) is 17.0. The number of ether oxygens (including phenoxy) is 1. The molecule has 2 aromatic heterocycles. The van der Waals surface area contributed by atoms with E-state index in [1.54, 1.807) is 29.3 Å². The van der Waals surface area contributed by atoms with Crippen molar-refractivity contribution in [2.24, 2.45) is 5.92 Å². The second-order valence-electron chi connectivity index (χ2n) is 6.12. The van der Waals surface area contributed by atoms with Gasteiger partial charge < -0.3 is 15.4 Å². The molecule has 1 aliphatic carbocycles. The summed E-state index contributed by atoms with van der Waals surface area (Å²) in [5, 5.41) is 12.3. The van der Waals surface area contributed by atoms with Crippen LogP contribution in [0.1, 0.15) is 36.6 Å². The van der Waals surface area contributed by atoms with Crippen LogP contribution < -0.4 is 10.6 Å². The van der Waals surface area contributed by atoms with Crippen molar-refractivity contribution in [1.82, 2.24) is 15.1 Å². The van der Waals surface area contributed by atoms with Crippen LogP contribution in [0.4, 0.5) is 10.5 Å². The van der Waals surface area contributed by atoms with Gasteiger partial charge in [-0.05, 0) is 30.2 Å². The van der Waals surface area contributed by atoms with Crippen LogP contribution in [0.25, 0.3) is 0 Å². The highest BCUT2D eigenvalue weighted by Gasteiger charge is 2.28. The molecule has 2 heterocycles. The Balaban J connectivity index is 1.60. The van der Waals surface area contributed by atoms with Crippen molar-refractivity contribution in [2.45, 2.75) is 38.3 Å². The van der Waals surface area contributed by atoms with Crippen molar-refractivity contribution < 1.29 is 9.53 Å². The zero-order valence-corrected chi connectivity index (χ0v) is 14.7. The van der Waals surface area contributed by atoms with Crippen molar-refractivity contribution in [3.05, 3.63) is 34.8 Å². The van der Waals surface area contributed by atoms with Crippen LogP contribution in [0.5, 0.6) is 0 Å². The van der Waals surface area contributed by atoms with Gasteiger partial charge in [0, 0.05) is 18.2 Å². The van der Waals surface area contributed by atoms with Gasteiger partial charge in [0.1, 0.15) is 0 Å². The van der Waals surface area contributed by atoms with E-state index in [2.05, 4.69) is 27.2 Å². The fourth-order valence-corrected chi connectivity index (χ4v) is 4.09. The molecule has 1 atom stereocenters. The third-order valence-corrected chi connectivity index (χ3v) is 5.38. The van der Waals surface area contributed by atoms with Crippen LogP contribution in [0.15, 0.2) is 29.9 Å². The Kier molecular flexibility index (Phi) is 5.87. The molecule has 1 unspecified atom stereocenters. The molecule has 0 aliphatic heterocycles. The van der Waals surface area contributed by atoms with Crippen LogP contribution in [0.3, 0.4) is 0 Å². The molecule has 130 valence electrons. The Hall–Kier alpha value is -1.86. The summed E-state index contributed by atoms with van der Waals surface area (Å²) >= 11 is 1.71. The summed E-state index contributed by atoms with van der Waals surface area (Å²) in [4.78, 5) is 13.6. The maximum Gasteiger partial charge on any atom is 0.319 e. The molecule has 24 heavy (non-hydrogen) atoms. The lowest BCUT2D eigenvalue weighted by Crippen LogP contribution is -2.35. The van der Waals surface area contributed by atoms with E-state index in [0.29, 0.717) is 24.8 Å². The molecule has 0 aromatic carbocycles. The number of hydrogen-bond acceptors (Lipinski definition) is 4. The van der Waals surface area contributed by atoms with E-state index in [1.807, 2.05) is 12.3 Å². The Morgan fingerprint density at radius 1 is 1.50 bits per heavy atom. The number of thiophene rings is 1. The van der Waals surface area contributed by atoms with Crippen molar-refractivity contribution in [1.29, 1.82) is 0 Å². The lowest BCUT2D eigenvalue weighted by atomic mass is 9.97. The normalized spacial score (nSPS) is 16.2. The molecule has 3 rings (SSSR count). The van der Waals surface area contributed by atoms with Gasteiger partial charge >= 0.3 is 6.03 Å². The Labute approximate surface area is 146 Å². The number of rotatable bonds is 7. The van der Waals surface area contributed by atoms with E-state index >= 15 is 0 Å². The lowest BCUT2D eigenvalue weighted by Gasteiger charge is -2.23. The summed E-state index contributed by atoms with van der Waals surface area (Å²) in [6.45, 7) is 1.26. The molecule has 0 saturated heterocycles. The number of urea groups is 1. The van der Waals surface area contributed by atoms with Gasteiger partial charge in [-0.25, -0.2) is 4.79 Å². The third kappa shape index (κ3) is 4.36. The SMILES string of the molecule is COCCn1cc(NC(=O)NC(c2cccs2)C2CCCC2)cn1. The number of carbonyl (C=O) groups excluding carboxylic acids is 1. The molecule has 0 bridgehead atoms. The van der Waals surface area contributed by atoms with Crippen LogP contribution in [0, 0.1) is 5.92 Å². The summed E-state index contributed by atoms with van der Waals surface area (Å²) in [6, 6.07) is 4.07. The highest BCUT2D eigenvalue weighted by Crippen LogP contribution is 2.37. The zero-order valence-electron chi connectivity index (χ0n) is 13.9. The maximum absolute atomic E-state index is 12.4. The molecule has 2 amide bonds. The summed E-state index contributed by atoms with van der Waals surface area (Å²) in [5.41, 5.74) is 0.694. The van der Waals surface area contributed by atoms with Crippen LogP contribution in [0.2, 0.25) is 0 Å². The fraction of sp³-hybridized carbons (Fsp3) is 0.529. The minimum absolute atomic E-state index is 0.0936. The van der Waals surface area contributed by atoms with Gasteiger partial charge in [-0.3, -0.25) is 4.68 Å². The fourth-order valence-electron chi connectivity index (χ4n) is 3.22. The van der Waals surface area contributed by atoms with E-state index in [4.69, 9.17) is 4.74 Å². The van der Waals surface area contributed by atoms with E-state index < -0.39 is 0 Å². The van der Waals surface area contributed by atoms with E-state index in [1.165, 1.54) is 30.6 Å². The highest BCUT2D eigenvalue weighted by atomic mass is 32.1. The summed E-state index contributed by atoms with van der Waals surface area (Å²) in [6.07, 6.45) is 8.33. The second-order valence-corrected chi connectivity index (χ2v) is 7.10. The van der Waals surface area contributed by atoms with Gasteiger partial charge in [-0.2, -0.15) is 5.10 Å². The van der Waals surface area contributed by atoms with E-state index in [0.717, 1.165) is 0 Å². The van der Waals surface area contributed by atoms with Gasteiger partial charge in [-0.1, -0.05) is 18.9 Å². The average Bonchev–Trinajstić information content (AvgIpc) is 3.32. The molecule has 6 nitrogen and oxygen atoms in total. The maximum atomic E-state index is 12.4. The van der Waals surface area contributed by atoms with Crippen LogP contribution >= 0.6 is 11.3 Å². The largest absolute Gasteiger partial charge is 0.383 e. The van der Waals surface area contributed by atoms with Crippen molar-refractivity contribution in [3.63, 3.8) is 0 Å². The Morgan fingerprint density at radius 2 is 2.33 bits per heavy atom. The Bertz CT molecular complexity index is 635. The Morgan fingerprint density at radius 3 is 3.04 bits per heavy atom. The number of aromatic nitrogens is 2. The zero-order chi connectivity index (χ0) is 16.8. The molecule has 1 saturated carbocycles. The number of hydrogen-bond donors (Lipinski definition) is 2. The number of nitrogens with zero attached hydrogens (tertiary/aromatic N) is 2. The second kappa shape index (κ2) is 8.30. The van der Waals surface area contributed by atoms with Crippen molar-refractivity contribution >= 4 is 23.1 Å². The van der Waals surface area contributed by atoms with Gasteiger partial charge in [0.25, 0.3) is 0 Å². The summed E-state index contributed by atoms with van der Waals surface area (Å²) in [7, 11) is 1.66. The number of carbonyl (C=O) groups is 1. The predicted octanol–water partition coefficient (Wildman–Crippen LogP) is 3.64. The highest BCUT2D eigenvalue weighted by molar-refractivity contribution is 7.10. The van der Waals surface area contributed by atoms with Gasteiger partial charge in [0.05, 0.1) is 31.1 Å². The molecular weight excluding hydrogens is 324 g/mol. The number of nitrogens with one attached hydrogen (secondary N) is 2. The molecular formula is C17H24N4O2S. The summed E-state index contributed by atoms with van der Waals surface area (Å²) in [5.74, 6) is 0.527. The first-order valence-corrected chi connectivity index (χ1v) is 9.26. The molecule has 1 aliphatic rings. The predicted molar refractivity (Wildman–Crippen MR) is 95.3 cm³/mol. The van der Waals surface area contributed by atoms with Crippen LogP contribution in [-0.2, 0) is 11.3 Å². The summed E-state index contributed by atoms with van der Waals surface area (Å²) < 4.78 is 6.78. The quantitative estimate of drug-likeness (QED) is 0.802. The number of methoxy groups -OCH3 is 1. The number of amides is 2. The molecule has 2 aromatic rings. The van der Waals surface area contributed by atoms with Gasteiger partial charge in [0.2, 0.25) is 0 Å². The molecule has 2 N–H and O–H groups in total. The van der Waals surface area contributed by atoms with Crippen molar-refractivity contribution in [2.75, 3.05) is 19.0 Å². The van der Waals surface area contributed by atoms with E-state index in [9.17, 15) is 4.79 Å². The average molecular weight is 348 g/mol. The minimum Gasteiger partial charge on any atom is -0.383 e. The van der Waals surface area contributed by atoms with E-state index in [-0.39, 0.29) is 12.1 Å². The van der Waals surface area contributed by atoms with Crippen LogP contribution in [-0.4, -0.2) is 29.5 Å². The molecule has 7 heteroatoms.